The van der Waals surface area contributed by atoms with Crippen LogP contribution in [0.25, 0.3) is 0 Å². The van der Waals surface area contributed by atoms with Crippen molar-refractivity contribution in [1.82, 2.24) is 14.1 Å². The Balaban J connectivity index is 1.52. The summed E-state index contributed by atoms with van der Waals surface area (Å²) in [5, 5.41) is 3.90. The molecule has 1 aromatic heterocycles. The van der Waals surface area contributed by atoms with Crippen molar-refractivity contribution in [3.8, 4) is 0 Å². The van der Waals surface area contributed by atoms with Gasteiger partial charge in [0.15, 0.2) is 11.6 Å². The minimum Gasteiger partial charge on any atom is -0.338 e. The van der Waals surface area contributed by atoms with E-state index in [2.05, 4.69) is 5.10 Å². The van der Waals surface area contributed by atoms with Crippen molar-refractivity contribution in [2.45, 2.75) is 30.7 Å². The van der Waals surface area contributed by atoms with Crippen molar-refractivity contribution in [3.05, 3.63) is 82.9 Å². The molecule has 0 saturated carbocycles. The maximum Gasteiger partial charge on any atom is 0.282 e. The SMILES string of the molecule is Cc1ccc(S(=O)(=O)n2cc(CN3CC(c4cc(F)cc(F)c4F)CC3=O)cn2)cc1. The second kappa shape index (κ2) is 7.84. The zero-order valence-corrected chi connectivity index (χ0v) is 17.2. The van der Waals surface area contributed by atoms with Gasteiger partial charge in [0, 0.05) is 43.3 Å². The molecule has 4 rings (SSSR count). The van der Waals surface area contributed by atoms with Gasteiger partial charge in [-0.15, -0.1) is 0 Å². The van der Waals surface area contributed by atoms with Crippen molar-refractivity contribution >= 4 is 15.9 Å². The Morgan fingerprint density at radius 3 is 2.55 bits per heavy atom. The van der Waals surface area contributed by atoms with Gasteiger partial charge in [0.1, 0.15) is 5.82 Å². The summed E-state index contributed by atoms with van der Waals surface area (Å²) in [6.45, 7) is 1.93. The van der Waals surface area contributed by atoms with E-state index in [1.165, 1.54) is 29.4 Å². The Hall–Kier alpha value is -3.14. The van der Waals surface area contributed by atoms with Crippen LogP contribution in [0.5, 0.6) is 0 Å². The van der Waals surface area contributed by atoms with Crippen LogP contribution in [0.15, 0.2) is 53.7 Å². The highest BCUT2D eigenvalue weighted by atomic mass is 32.2. The molecule has 1 atom stereocenters. The number of aromatic nitrogens is 2. The van der Waals surface area contributed by atoms with Gasteiger partial charge >= 0.3 is 0 Å². The van der Waals surface area contributed by atoms with E-state index >= 15 is 0 Å². The fourth-order valence-electron chi connectivity index (χ4n) is 3.60. The van der Waals surface area contributed by atoms with Crippen molar-refractivity contribution in [3.63, 3.8) is 0 Å². The van der Waals surface area contributed by atoms with E-state index in [4.69, 9.17) is 0 Å². The average Bonchev–Trinajstić information content (AvgIpc) is 3.33. The zero-order chi connectivity index (χ0) is 22.3. The van der Waals surface area contributed by atoms with E-state index in [1.807, 2.05) is 6.92 Å². The number of carbonyl (C=O) groups excluding carboxylic acids is 1. The highest BCUT2D eigenvalue weighted by Crippen LogP contribution is 2.32. The Labute approximate surface area is 177 Å². The minimum atomic E-state index is -3.88. The number of nitrogens with zero attached hydrogens (tertiary/aromatic N) is 3. The molecular formula is C21H18F3N3O3S. The Kier molecular flexibility index (Phi) is 5.34. The van der Waals surface area contributed by atoms with E-state index in [9.17, 15) is 26.4 Å². The standard InChI is InChI=1S/C21H18F3N3O3S/c1-13-2-4-17(5-3-13)31(29,30)27-11-14(9-25-27)10-26-12-15(6-20(26)28)18-7-16(22)8-19(23)21(18)24/h2-5,7-9,11,15H,6,10,12H2,1H3. The summed E-state index contributed by atoms with van der Waals surface area (Å²) in [4.78, 5) is 13.8. The third-order valence-corrected chi connectivity index (χ3v) is 6.79. The van der Waals surface area contributed by atoms with E-state index in [1.54, 1.807) is 12.1 Å². The molecule has 1 aliphatic heterocycles. The lowest BCUT2D eigenvalue weighted by atomic mass is 9.97. The second-order valence-electron chi connectivity index (χ2n) is 7.51. The van der Waals surface area contributed by atoms with Crippen LogP contribution in [0.4, 0.5) is 13.2 Å². The van der Waals surface area contributed by atoms with Gasteiger partial charge in [0.2, 0.25) is 5.91 Å². The van der Waals surface area contributed by atoms with Gasteiger partial charge in [-0.05, 0) is 30.7 Å². The monoisotopic (exact) mass is 449 g/mol. The van der Waals surface area contributed by atoms with Crippen molar-refractivity contribution in [2.24, 2.45) is 0 Å². The summed E-state index contributed by atoms with van der Waals surface area (Å²) in [7, 11) is -3.88. The van der Waals surface area contributed by atoms with E-state index in [0.29, 0.717) is 11.6 Å². The molecular weight excluding hydrogens is 431 g/mol. The van der Waals surface area contributed by atoms with E-state index in [-0.39, 0.29) is 35.9 Å². The summed E-state index contributed by atoms with van der Waals surface area (Å²) >= 11 is 0. The predicted octanol–water partition coefficient (Wildman–Crippen LogP) is 3.36. The second-order valence-corrected chi connectivity index (χ2v) is 9.30. The van der Waals surface area contributed by atoms with Gasteiger partial charge in [0.25, 0.3) is 10.0 Å². The number of hydrogen-bond donors (Lipinski definition) is 0. The molecule has 0 aliphatic carbocycles. The van der Waals surface area contributed by atoms with Gasteiger partial charge < -0.3 is 4.90 Å². The van der Waals surface area contributed by atoms with Crippen LogP contribution in [-0.4, -0.2) is 35.0 Å². The number of rotatable bonds is 5. The molecule has 0 N–H and O–H groups in total. The van der Waals surface area contributed by atoms with Crippen LogP contribution in [-0.2, 0) is 21.4 Å². The lowest BCUT2D eigenvalue weighted by Crippen LogP contribution is -2.24. The lowest BCUT2D eigenvalue weighted by Gasteiger charge is -2.16. The van der Waals surface area contributed by atoms with Gasteiger partial charge in [-0.25, -0.2) is 13.2 Å². The summed E-state index contributed by atoms with van der Waals surface area (Å²) < 4.78 is 67.4. The third-order valence-electron chi connectivity index (χ3n) is 5.23. The Morgan fingerprint density at radius 1 is 1.13 bits per heavy atom. The molecule has 0 radical (unpaired) electrons. The Bertz CT molecular complexity index is 1260. The molecule has 2 aromatic carbocycles. The molecule has 3 aromatic rings. The molecule has 1 amide bonds. The quantitative estimate of drug-likeness (QED) is 0.560. The van der Waals surface area contributed by atoms with Gasteiger partial charge in [0.05, 0.1) is 11.1 Å². The molecule has 1 saturated heterocycles. The van der Waals surface area contributed by atoms with Gasteiger partial charge in [-0.2, -0.15) is 17.6 Å². The third kappa shape index (κ3) is 4.07. The smallest absolute Gasteiger partial charge is 0.282 e. The fraction of sp³-hybridized carbons (Fsp3) is 0.238. The van der Waals surface area contributed by atoms with Crippen molar-refractivity contribution < 1.29 is 26.4 Å². The number of halogens is 3. The molecule has 162 valence electrons. The first-order valence-corrected chi connectivity index (χ1v) is 10.9. The summed E-state index contributed by atoms with van der Waals surface area (Å²) in [5.74, 6) is -4.42. The average molecular weight is 449 g/mol. The number of likely N-dealkylation sites (tertiary alicyclic amines) is 1. The summed E-state index contributed by atoms with van der Waals surface area (Å²) in [6.07, 6.45) is 2.53. The number of carbonyl (C=O) groups is 1. The molecule has 31 heavy (non-hydrogen) atoms. The number of hydrogen-bond acceptors (Lipinski definition) is 4. The Morgan fingerprint density at radius 2 is 1.84 bits per heavy atom. The molecule has 2 heterocycles. The summed E-state index contributed by atoms with van der Waals surface area (Å²) in [6, 6.07) is 7.66. The van der Waals surface area contributed by atoms with Crippen LogP contribution in [0.1, 0.15) is 29.0 Å². The molecule has 1 aliphatic rings. The van der Waals surface area contributed by atoms with Crippen molar-refractivity contribution in [1.29, 1.82) is 0 Å². The topological polar surface area (TPSA) is 72.3 Å². The van der Waals surface area contributed by atoms with E-state index < -0.39 is 33.4 Å². The van der Waals surface area contributed by atoms with Gasteiger partial charge in [-0.3, -0.25) is 4.79 Å². The first-order valence-electron chi connectivity index (χ1n) is 9.43. The molecule has 1 fully saturated rings. The van der Waals surface area contributed by atoms with Crippen LogP contribution in [0, 0.1) is 24.4 Å². The largest absolute Gasteiger partial charge is 0.338 e. The first-order chi connectivity index (χ1) is 14.6. The fourth-order valence-corrected chi connectivity index (χ4v) is 4.74. The maximum atomic E-state index is 14.1. The van der Waals surface area contributed by atoms with Gasteiger partial charge in [-0.1, -0.05) is 17.7 Å². The molecule has 6 nitrogen and oxygen atoms in total. The molecule has 1 unspecified atom stereocenters. The molecule has 0 bridgehead atoms. The number of benzene rings is 2. The molecule has 10 heteroatoms. The number of aryl methyl sites for hydroxylation is 1. The predicted molar refractivity (Wildman–Crippen MR) is 105 cm³/mol. The number of amides is 1. The van der Waals surface area contributed by atoms with Crippen LogP contribution in [0.2, 0.25) is 0 Å². The molecule has 0 spiro atoms. The van der Waals surface area contributed by atoms with Crippen LogP contribution in [0.3, 0.4) is 0 Å². The minimum absolute atomic E-state index is 0.0398. The van der Waals surface area contributed by atoms with E-state index in [0.717, 1.165) is 15.7 Å². The van der Waals surface area contributed by atoms with Crippen LogP contribution < -0.4 is 0 Å². The lowest BCUT2D eigenvalue weighted by molar-refractivity contribution is -0.128. The van der Waals surface area contributed by atoms with Crippen molar-refractivity contribution in [2.75, 3.05) is 6.54 Å². The summed E-state index contributed by atoms with van der Waals surface area (Å²) in [5.41, 5.74) is 1.18. The first kappa shape index (κ1) is 21.1. The zero-order valence-electron chi connectivity index (χ0n) is 16.4. The highest BCUT2D eigenvalue weighted by molar-refractivity contribution is 7.89. The maximum absolute atomic E-state index is 14.1. The normalized spacial score (nSPS) is 16.8. The van der Waals surface area contributed by atoms with Crippen LogP contribution >= 0.6 is 0 Å². The highest BCUT2D eigenvalue weighted by Gasteiger charge is 2.33.